The fourth-order valence-corrected chi connectivity index (χ4v) is 2.28. The van der Waals surface area contributed by atoms with E-state index in [4.69, 9.17) is 29.9 Å². The molecule has 0 heterocycles. The molecule has 0 fully saturated rings. The van der Waals surface area contributed by atoms with Crippen molar-refractivity contribution < 1.29 is 39.5 Å². The lowest BCUT2D eigenvalue weighted by Gasteiger charge is -2.07. The van der Waals surface area contributed by atoms with Crippen LogP contribution < -0.4 is 18.9 Å². The van der Waals surface area contributed by atoms with E-state index in [1.807, 2.05) is 0 Å². The van der Waals surface area contributed by atoms with Crippen molar-refractivity contribution in [1.29, 1.82) is 0 Å². The molecule has 0 saturated heterocycles. The molecule has 2 aromatic carbocycles. The van der Waals surface area contributed by atoms with Gasteiger partial charge in [-0.15, -0.1) is 0 Å². The number of carbonyl (C=O) groups excluding carboxylic acids is 2. The van der Waals surface area contributed by atoms with Gasteiger partial charge in [-0.2, -0.15) is 0 Å². The zero-order chi connectivity index (χ0) is 28.0. The molecule has 2 aromatic rings. The molecule has 0 saturated carbocycles. The minimum absolute atomic E-state index is 0.0443. The molecule has 0 radical (unpaired) electrons. The molecule has 152 valence electrons. The summed E-state index contributed by atoms with van der Waals surface area (Å²) in [6, 6.07) is 7.46. The summed E-state index contributed by atoms with van der Waals surface area (Å²) < 4.78 is 79.1. The normalized spacial score (nSPS) is 16.5. The number of hydrogen-bond donors (Lipinski definition) is 0. The van der Waals surface area contributed by atoms with Gasteiger partial charge in [0.25, 0.3) is 0 Å². The van der Waals surface area contributed by atoms with Gasteiger partial charge in [0.2, 0.25) is 0 Å². The van der Waals surface area contributed by atoms with Crippen molar-refractivity contribution in [2.45, 2.75) is 6.42 Å². The second kappa shape index (κ2) is 10.7. The van der Waals surface area contributed by atoms with E-state index in [0.29, 0.717) is 0 Å². The van der Waals surface area contributed by atoms with Gasteiger partial charge in [0.1, 0.15) is 0 Å². The zero-order valence-corrected chi connectivity index (χ0v) is 15.8. The molecule has 0 bridgehead atoms. The van der Waals surface area contributed by atoms with Gasteiger partial charge >= 0.3 is 0 Å². The summed E-state index contributed by atoms with van der Waals surface area (Å²) in [6.07, 6.45) is 1.25. The highest BCUT2D eigenvalue weighted by Gasteiger charge is 2.07. The first-order valence-electron chi connectivity index (χ1n) is 12.3. The highest BCUT2D eigenvalue weighted by atomic mass is 16.5. The lowest BCUT2D eigenvalue weighted by molar-refractivity contribution is -0.121. The van der Waals surface area contributed by atoms with Crippen LogP contribution in [0.5, 0.6) is 23.0 Å². The van der Waals surface area contributed by atoms with Crippen LogP contribution in [0.25, 0.3) is 12.1 Å². The van der Waals surface area contributed by atoms with Crippen molar-refractivity contribution >= 4 is 23.7 Å². The van der Waals surface area contributed by atoms with Crippen molar-refractivity contribution in [2.24, 2.45) is 0 Å². The fourth-order valence-electron chi connectivity index (χ4n) is 2.28. The van der Waals surface area contributed by atoms with Gasteiger partial charge in [-0.3, -0.25) is 9.59 Å². The Morgan fingerprint density at radius 2 is 1.24 bits per heavy atom. The van der Waals surface area contributed by atoms with Crippen molar-refractivity contribution in [2.75, 3.05) is 28.3 Å². The van der Waals surface area contributed by atoms with E-state index in [2.05, 4.69) is 0 Å². The summed E-state index contributed by atoms with van der Waals surface area (Å²) in [7, 11) is -2.82. The Labute approximate surface area is 181 Å². The lowest BCUT2D eigenvalue weighted by atomic mass is 10.1. The molecule has 0 aromatic heterocycles. The van der Waals surface area contributed by atoms with Crippen LogP contribution in [0.4, 0.5) is 0 Å². The Morgan fingerprint density at radius 3 is 1.62 bits per heavy atom. The van der Waals surface area contributed by atoms with Crippen molar-refractivity contribution in [3.63, 3.8) is 0 Å². The van der Waals surface area contributed by atoms with E-state index in [1.54, 1.807) is 0 Å². The summed E-state index contributed by atoms with van der Waals surface area (Å²) >= 11 is 0. The van der Waals surface area contributed by atoms with Gasteiger partial charge in [0.05, 0.1) is 45.7 Å². The molecular weight excluding hydrogens is 372 g/mol. The van der Waals surface area contributed by atoms with E-state index < -0.39 is 32.1 Å². The number of methoxy groups -OCH3 is 4. The van der Waals surface area contributed by atoms with Crippen LogP contribution in [0.1, 0.15) is 28.5 Å². The van der Waals surface area contributed by atoms with Gasteiger partial charge in [-0.1, -0.05) is 24.2 Å². The largest absolute Gasteiger partial charge is 0.493 e. The molecule has 0 unspecified atom stereocenters. The van der Waals surface area contributed by atoms with Gasteiger partial charge in [-0.25, -0.2) is 0 Å². The maximum atomic E-state index is 12.3. The summed E-state index contributed by atoms with van der Waals surface area (Å²) in [5, 5.41) is 0. The first-order chi connectivity index (χ1) is 17.1. The molecule has 2 rings (SSSR count). The Bertz CT molecular complexity index is 1120. The number of benzene rings is 2. The van der Waals surface area contributed by atoms with Gasteiger partial charge < -0.3 is 18.9 Å². The highest BCUT2D eigenvalue weighted by Crippen LogP contribution is 2.28. The predicted molar refractivity (Wildman–Crippen MR) is 112 cm³/mol. The number of hydrogen-bond acceptors (Lipinski definition) is 6. The fraction of sp³-hybridized carbons (Fsp3) is 0.217. The highest BCUT2D eigenvalue weighted by molar-refractivity contribution is 6.10. The van der Waals surface area contributed by atoms with Crippen LogP contribution in [-0.4, -0.2) is 39.9 Å². The summed E-state index contributed by atoms with van der Waals surface area (Å²) in [4.78, 5) is 24.6. The monoisotopic (exact) mass is 404 g/mol. The molecule has 0 atom stereocenters. The quantitative estimate of drug-likeness (QED) is 0.441. The topological polar surface area (TPSA) is 71.1 Å². The van der Waals surface area contributed by atoms with Gasteiger partial charge in [0.15, 0.2) is 34.6 Å². The number of allylic oxidation sites excluding steroid dienone is 2. The minimum Gasteiger partial charge on any atom is -0.493 e. The molecule has 0 spiro atoms. The molecule has 0 aliphatic heterocycles. The zero-order valence-electron chi connectivity index (χ0n) is 23.8. The number of ketones is 2. The Morgan fingerprint density at radius 1 is 0.793 bits per heavy atom. The molecule has 29 heavy (non-hydrogen) atoms. The molecule has 0 amide bonds. The molecule has 6 nitrogen and oxygen atoms in total. The maximum absolute atomic E-state index is 12.3. The summed E-state index contributed by atoms with van der Waals surface area (Å²) in [5.74, 6) is -1.43. The van der Waals surface area contributed by atoms with E-state index in [9.17, 15) is 9.59 Å². The number of rotatable bonds is 10. The van der Waals surface area contributed by atoms with Crippen molar-refractivity contribution in [1.82, 2.24) is 0 Å². The van der Waals surface area contributed by atoms with Crippen molar-refractivity contribution in [3.8, 4) is 23.0 Å². The van der Waals surface area contributed by atoms with Crippen LogP contribution in [0.2, 0.25) is 0 Å². The number of ether oxygens (including phenoxy) is 4. The third-order valence-corrected chi connectivity index (χ3v) is 3.70. The predicted octanol–water partition coefficient (Wildman–Crippen LogP) is 3.98. The van der Waals surface area contributed by atoms with Crippen LogP contribution in [-0.2, 0) is 9.59 Å². The molecule has 0 aliphatic carbocycles. The summed E-state index contributed by atoms with van der Waals surface area (Å²) in [5.41, 5.74) is 0.442. The first kappa shape index (κ1) is 12.8. The van der Waals surface area contributed by atoms with E-state index in [1.165, 1.54) is 50.6 Å². The average Bonchev–Trinajstić information content (AvgIpc) is 2.77. The smallest absolute Gasteiger partial charge is 0.163 e. The van der Waals surface area contributed by atoms with Gasteiger partial charge in [-0.05, 0) is 47.5 Å². The SMILES string of the molecule is [2H]/C(=C\C(=O)CC(=O)/C=C(\[2H])c1ccc(OC([2H])([2H])[2H])c(OC)c1)c1ccc(OC([2H])([2H])[2H])c(OC)c1. The summed E-state index contributed by atoms with van der Waals surface area (Å²) in [6.45, 7) is 0. The first-order valence-corrected chi connectivity index (χ1v) is 8.29. The van der Waals surface area contributed by atoms with E-state index in [0.717, 1.165) is 12.2 Å². The Hall–Kier alpha value is -3.54. The van der Waals surface area contributed by atoms with Crippen molar-refractivity contribution in [3.05, 3.63) is 59.7 Å². The Balaban J connectivity index is 2.14. The minimum atomic E-state index is -2.70. The van der Waals surface area contributed by atoms with Crippen LogP contribution in [0.3, 0.4) is 0 Å². The van der Waals surface area contributed by atoms with Crippen LogP contribution in [0.15, 0.2) is 48.6 Å². The number of carbonyl (C=O) groups is 2. The maximum Gasteiger partial charge on any atom is 0.163 e. The molecule has 0 aliphatic rings. The molecule has 0 N–H and O–H groups in total. The third-order valence-electron chi connectivity index (χ3n) is 3.70. The average molecular weight is 404 g/mol. The van der Waals surface area contributed by atoms with Crippen LogP contribution in [0, 0.1) is 0 Å². The second-order valence-electron chi connectivity index (χ2n) is 5.62. The Kier molecular flexibility index (Phi) is 4.74. The lowest BCUT2D eigenvalue weighted by Crippen LogP contribution is -2.02. The van der Waals surface area contributed by atoms with Crippen LogP contribution >= 0.6 is 0 Å². The molecular formula is C23H24O6. The van der Waals surface area contributed by atoms with E-state index in [-0.39, 0.29) is 46.2 Å². The standard InChI is InChI=1S/C23H24O6/c1-26-20-11-7-16(13-22(20)28-3)5-9-18(24)15-19(25)10-6-17-8-12-21(27-2)23(14-17)29-4/h5-14H,15H2,1-4H3/b9-5+,10-6+/i1D3,2D3,5D,6D. The third kappa shape index (κ3) is 6.24. The van der Waals surface area contributed by atoms with E-state index >= 15 is 0 Å². The molecule has 6 heteroatoms. The second-order valence-corrected chi connectivity index (χ2v) is 5.62. The van der Waals surface area contributed by atoms with Gasteiger partial charge in [0, 0.05) is 0 Å².